The minimum absolute atomic E-state index is 0.375. The summed E-state index contributed by atoms with van der Waals surface area (Å²) in [7, 11) is 0. The van der Waals surface area contributed by atoms with E-state index < -0.39 is 40.7 Å². The Hall–Kier alpha value is -1.47. The van der Waals surface area contributed by atoms with E-state index in [1.807, 2.05) is 6.92 Å². The molecule has 2 rings (SSSR count). The molecule has 1 aromatic heterocycles. The van der Waals surface area contributed by atoms with Crippen LogP contribution in [0.3, 0.4) is 0 Å². The van der Waals surface area contributed by atoms with Crippen molar-refractivity contribution in [2.75, 3.05) is 6.54 Å². The zero-order valence-corrected chi connectivity index (χ0v) is 11.8. The van der Waals surface area contributed by atoms with Crippen LogP contribution < -0.4 is 5.32 Å². The highest BCUT2D eigenvalue weighted by Gasteiger charge is 2.31. The Morgan fingerprint density at radius 3 is 2.05 bits per heavy atom. The molecule has 0 saturated carbocycles. The van der Waals surface area contributed by atoms with Gasteiger partial charge in [0.15, 0.2) is 23.3 Å². The van der Waals surface area contributed by atoms with Gasteiger partial charge < -0.3 is 5.32 Å². The second kappa shape index (κ2) is 6.53. The van der Waals surface area contributed by atoms with E-state index in [9.17, 15) is 22.0 Å². The summed E-state index contributed by atoms with van der Waals surface area (Å²) in [5.74, 6) is -9.60. The quantitative estimate of drug-likeness (QED) is 0.484. The van der Waals surface area contributed by atoms with Crippen LogP contribution in [-0.4, -0.2) is 6.54 Å². The lowest BCUT2D eigenvalue weighted by Crippen LogP contribution is -2.26. The molecule has 1 aromatic carbocycles. The van der Waals surface area contributed by atoms with Gasteiger partial charge in [-0.3, -0.25) is 0 Å². The fraction of sp³-hybridized carbons (Fsp3) is 0.286. The van der Waals surface area contributed by atoms with Gasteiger partial charge in [0.2, 0.25) is 5.82 Å². The van der Waals surface area contributed by atoms with E-state index >= 15 is 0 Å². The number of benzene rings is 1. The smallest absolute Gasteiger partial charge is 0.200 e. The molecular formula is C14H12F5NS. The SMILES string of the molecule is CCCNC(c1ccsc1)c1c(F)c(F)c(F)c(F)c1F. The summed E-state index contributed by atoms with van der Waals surface area (Å²) >= 11 is 1.27. The van der Waals surface area contributed by atoms with Crippen LogP contribution in [0, 0.1) is 29.1 Å². The molecule has 1 N–H and O–H groups in total. The predicted octanol–water partition coefficient (Wildman–Crippen LogP) is 4.53. The van der Waals surface area contributed by atoms with Gasteiger partial charge in [0.1, 0.15) is 0 Å². The van der Waals surface area contributed by atoms with Gasteiger partial charge in [0.05, 0.1) is 11.6 Å². The monoisotopic (exact) mass is 321 g/mol. The van der Waals surface area contributed by atoms with E-state index in [4.69, 9.17) is 0 Å². The Morgan fingerprint density at radius 2 is 1.57 bits per heavy atom. The first-order chi connectivity index (χ1) is 9.99. The Morgan fingerprint density at radius 1 is 1.00 bits per heavy atom. The van der Waals surface area contributed by atoms with Gasteiger partial charge in [-0.15, -0.1) is 0 Å². The van der Waals surface area contributed by atoms with Crippen LogP contribution >= 0.6 is 11.3 Å². The van der Waals surface area contributed by atoms with Gasteiger partial charge in [0, 0.05) is 0 Å². The van der Waals surface area contributed by atoms with Crippen LogP contribution in [0.5, 0.6) is 0 Å². The maximum atomic E-state index is 13.9. The Labute approximate surface area is 122 Å². The molecule has 2 aromatic rings. The number of nitrogens with one attached hydrogen (secondary N) is 1. The van der Waals surface area contributed by atoms with Crippen molar-refractivity contribution in [3.05, 3.63) is 57.0 Å². The number of hydrogen-bond acceptors (Lipinski definition) is 2. The lowest BCUT2D eigenvalue weighted by atomic mass is 9.99. The molecule has 1 unspecified atom stereocenters. The molecule has 0 saturated heterocycles. The molecule has 1 nitrogen and oxygen atoms in total. The maximum Gasteiger partial charge on any atom is 0.200 e. The molecule has 0 radical (unpaired) electrons. The lowest BCUT2D eigenvalue weighted by molar-refractivity contribution is 0.362. The predicted molar refractivity (Wildman–Crippen MR) is 70.7 cm³/mol. The number of hydrogen-bond donors (Lipinski definition) is 1. The van der Waals surface area contributed by atoms with Crippen molar-refractivity contribution in [3.8, 4) is 0 Å². The third-order valence-electron chi connectivity index (χ3n) is 3.01. The second-order valence-corrected chi connectivity index (χ2v) is 5.21. The van der Waals surface area contributed by atoms with Crippen LogP contribution in [0.1, 0.15) is 30.5 Å². The van der Waals surface area contributed by atoms with Crippen LogP contribution in [0.2, 0.25) is 0 Å². The Balaban J connectivity index is 2.60. The van der Waals surface area contributed by atoms with E-state index in [1.54, 1.807) is 16.8 Å². The van der Waals surface area contributed by atoms with Crippen LogP contribution in [0.15, 0.2) is 16.8 Å². The summed E-state index contributed by atoms with van der Waals surface area (Å²) in [5, 5.41) is 6.09. The highest BCUT2D eigenvalue weighted by Crippen LogP contribution is 2.32. The maximum absolute atomic E-state index is 13.9. The molecule has 7 heteroatoms. The number of halogens is 5. The number of rotatable bonds is 5. The third kappa shape index (κ3) is 2.94. The Kier molecular flexibility index (Phi) is 4.95. The summed E-state index contributed by atoms with van der Waals surface area (Å²) < 4.78 is 67.6. The van der Waals surface area contributed by atoms with E-state index in [2.05, 4.69) is 5.32 Å². The molecule has 0 aliphatic rings. The average Bonchev–Trinajstić information content (AvgIpc) is 3.00. The zero-order chi connectivity index (χ0) is 15.6. The van der Waals surface area contributed by atoms with Crippen molar-refractivity contribution >= 4 is 11.3 Å². The summed E-state index contributed by atoms with van der Waals surface area (Å²) in [4.78, 5) is 0. The van der Waals surface area contributed by atoms with Crippen molar-refractivity contribution in [1.29, 1.82) is 0 Å². The fourth-order valence-corrected chi connectivity index (χ4v) is 2.68. The van der Waals surface area contributed by atoms with Crippen molar-refractivity contribution in [3.63, 3.8) is 0 Å². The summed E-state index contributed by atoms with van der Waals surface area (Å²) in [6.07, 6.45) is 0.649. The van der Waals surface area contributed by atoms with E-state index in [-0.39, 0.29) is 0 Å². The second-order valence-electron chi connectivity index (χ2n) is 4.43. The van der Waals surface area contributed by atoms with Crippen LogP contribution in [0.4, 0.5) is 22.0 Å². The van der Waals surface area contributed by atoms with Crippen molar-refractivity contribution in [2.45, 2.75) is 19.4 Å². The molecule has 0 bridgehead atoms. The average molecular weight is 321 g/mol. The van der Waals surface area contributed by atoms with Crippen molar-refractivity contribution in [2.24, 2.45) is 0 Å². The summed E-state index contributed by atoms with van der Waals surface area (Å²) in [6.45, 7) is 2.20. The highest BCUT2D eigenvalue weighted by atomic mass is 32.1. The van der Waals surface area contributed by atoms with Crippen molar-refractivity contribution in [1.82, 2.24) is 5.32 Å². The fourth-order valence-electron chi connectivity index (χ4n) is 1.99. The molecule has 0 aliphatic carbocycles. The van der Waals surface area contributed by atoms with Gasteiger partial charge in [0.25, 0.3) is 0 Å². The van der Waals surface area contributed by atoms with E-state index in [1.165, 1.54) is 11.3 Å². The molecule has 0 amide bonds. The van der Waals surface area contributed by atoms with Crippen LogP contribution in [-0.2, 0) is 0 Å². The standard InChI is InChI=1S/C14H12F5NS/c1-2-4-20-14(7-3-5-21-6-7)8-9(15)11(17)13(19)12(18)10(8)16/h3,5-6,14,20H,2,4H2,1H3. The molecule has 1 atom stereocenters. The first kappa shape index (κ1) is 15.9. The molecule has 114 valence electrons. The largest absolute Gasteiger partial charge is 0.306 e. The molecule has 0 fully saturated rings. The van der Waals surface area contributed by atoms with E-state index in [0.717, 1.165) is 0 Å². The Bertz CT molecular complexity index is 598. The van der Waals surface area contributed by atoms with Gasteiger partial charge in [-0.2, -0.15) is 11.3 Å². The summed E-state index contributed by atoms with van der Waals surface area (Å²) in [5.41, 5.74) is -0.394. The lowest BCUT2D eigenvalue weighted by Gasteiger charge is -2.20. The summed E-state index contributed by atoms with van der Waals surface area (Å²) in [6, 6.07) is 0.497. The minimum Gasteiger partial charge on any atom is -0.306 e. The first-order valence-electron chi connectivity index (χ1n) is 6.25. The highest BCUT2D eigenvalue weighted by molar-refractivity contribution is 7.08. The van der Waals surface area contributed by atoms with Gasteiger partial charge in [-0.05, 0) is 35.4 Å². The molecule has 21 heavy (non-hydrogen) atoms. The molecule has 0 spiro atoms. The number of thiophene rings is 1. The van der Waals surface area contributed by atoms with Crippen LogP contribution in [0.25, 0.3) is 0 Å². The first-order valence-corrected chi connectivity index (χ1v) is 7.20. The minimum atomic E-state index is -2.15. The topological polar surface area (TPSA) is 12.0 Å². The molecule has 0 aliphatic heterocycles. The molecular weight excluding hydrogens is 309 g/mol. The van der Waals surface area contributed by atoms with E-state index in [0.29, 0.717) is 18.5 Å². The van der Waals surface area contributed by atoms with Gasteiger partial charge in [-0.1, -0.05) is 6.92 Å². The third-order valence-corrected chi connectivity index (χ3v) is 3.71. The molecule has 1 heterocycles. The van der Waals surface area contributed by atoms with Gasteiger partial charge in [-0.25, -0.2) is 22.0 Å². The van der Waals surface area contributed by atoms with Crippen molar-refractivity contribution < 1.29 is 22.0 Å². The zero-order valence-electron chi connectivity index (χ0n) is 11.0. The normalized spacial score (nSPS) is 12.7. The van der Waals surface area contributed by atoms with Gasteiger partial charge >= 0.3 is 0 Å².